The van der Waals surface area contributed by atoms with Gasteiger partial charge in [-0.3, -0.25) is 4.79 Å². The number of piperidine rings is 1. The highest BCUT2D eigenvalue weighted by molar-refractivity contribution is 5.94. The van der Waals surface area contributed by atoms with Crippen molar-refractivity contribution >= 4 is 18.0 Å². The van der Waals surface area contributed by atoms with Crippen LogP contribution in [0.25, 0.3) is 6.08 Å². The standard InChI is InChI=1S/C16H18FNO3/c1-11-8-9-18(14(10-11)16(20)21)15(19)7-4-12-2-5-13(17)6-3-12/h2-7,11,14H,8-10H2,1H3,(H,20,21)/b7-4+. The van der Waals surface area contributed by atoms with Gasteiger partial charge in [0.15, 0.2) is 0 Å². The van der Waals surface area contributed by atoms with Gasteiger partial charge in [0, 0.05) is 12.6 Å². The van der Waals surface area contributed by atoms with Gasteiger partial charge in [0.05, 0.1) is 0 Å². The molecule has 1 amide bonds. The van der Waals surface area contributed by atoms with Crippen LogP contribution in [0.5, 0.6) is 0 Å². The van der Waals surface area contributed by atoms with Crippen LogP contribution in [0.1, 0.15) is 25.3 Å². The topological polar surface area (TPSA) is 57.6 Å². The second kappa shape index (κ2) is 6.52. The van der Waals surface area contributed by atoms with Crippen LogP contribution < -0.4 is 0 Å². The Balaban J connectivity index is 2.07. The van der Waals surface area contributed by atoms with E-state index in [-0.39, 0.29) is 11.7 Å². The smallest absolute Gasteiger partial charge is 0.326 e. The largest absolute Gasteiger partial charge is 0.480 e. The van der Waals surface area contributed by atoms with Crippen molar-refractivity contribution in [1.29, 1.82) is 0 Å². The number of carbonyl (C=O) groups excluding carboxylic acids is 1. The van der Waals surface area contributed by atoms with Crippen LogP contribution in [0.4, 0.5) is 4.39 Å². The Hall–Kier alpha value is -2.17. The summed E-state index contributed by atoms with van der Waals surface area (Å²) in [5.41, 5.74) is 0.696. The van der Waals surface area contributed by atoms with Crippen molar-refractivity contribution < 1.29 is 19.1 Å². The summed E-state index contributed by atoms with van der Waals surface area (Å²) >= 11 is 0. The first-order chi connectivity index (χ1) is 9.97. The Morgan fingerprint density at radius 3 is 2.62 bits per heavy atom. The maximum absolute atomic E-state index is 12.8. The number of likely N-dealkylation sites (tertiary alicyclic amines) is 1. The number of rotatable bonds is 3. The number of amides is 1. The van der Waals surface area contributed by atoms with Crippen LogP contribution in [0.15, 0.2) is 30.3 Å². The molecule has 1 heterocycles. The Bertz CT molecular complexity index is 553. The minimum atomic E-state index is -0.968. The van der Waals surface area contributed by atoms with Crippen molar-refractivity contribution in [3.63, 3.8) is 0 Å². The summed E-state index contributed by atoms with van der Waals surface area (Å²) in [6.07, 6.45) is 4.20. The van der Waals surface area contributed by atoms with Gasteiger partial charge >= 0.3 is 5.97 Å². The number of carboxylic acids is 1. The zero-order valence-electron chi connectivity index (χ0n) is 11.8. The summed E-state index contributed by atoms with van der Waals surface area (Å²) < 4.78 is 12.8. The highest BCUT2D eigenvalue weighted by atomic mass is 19.1. The average Bonchev–Trinajstić information content (AvgIpc) is 2.46. The van der Waals surface area contributed by atoms with E-state index in [4.69, 9.17) is 0 Å². The van der Waals surface area contributed by atoms with Crippen molar-refractivity contribution in [2.24, 2.45) is 5.92 Å². The molecule has 1 aliphatic heterocycles. The van der Waals surface area contributed by atoms with Crippen LogP contribution in [0.2, 0.25) is 0 Å². The number of hydrogen-bond donors (Lipinski definition) is 1. The van der Waals surface area contributed by atoms with E-state index in [1.807, 2.05) is 6.92 Å². The third kappa shape index (κ3) is 3.90. The average molecular weight is 291 g/mol. The number of aliphatic carboxylic acids is 1. The maximum Gasteiger partial charge on any atom is 0.326 e. The Kier molecular flexibility index (Phi) is 4.73. The second-order valence-electron chi connectivity index (χ2n) is 5.40. The van der Waals surface area contributed by atoms with Crippen LogP contribution in [0, 0.1) is 11.7 Å². The quantitative estimate of drug-likeness (QED) is 0.871. The molecule has 0 spiro atoms. The molecule has 0 aliphatic carbocycles. The van der Waals surface area contributed by atoms with E-state index >= 15 is 0 Å². The Morgan fingerprint density at radius 2 is 2.00 bits per heavy atom. The molecular weight excluding hydrogens is 273 g/mol. The third-order valence-electron chi connectivity index (χ3n) is 3.72. The first-order valence-electron chi connectivity index (χ1n) is 6.94. The van der Waals surface area contributed by atoms with Crippen molar-refractivity contribution in [3.8, 4) is 0 Å². The van der Waals surface area contributed by atoms with Gasteiger partial charge < -0.3 is 10.0 Å². The highest BCUT2D eigenvalue weighted by Gasteiger charge is 2.33. The number of carbonyl (C=O) groups is 2. The molecule has 0 aromatic heterocycles. The predicted molar refractivity (Wildman–Crippen MR) is 77.0 cm³/mol. The van der Waals surface area contributed by atoms with E-state index < -0.39 is 12.0 Å². The fraction of sp³-hybridized carbons (Fsp3) is 0.375. The Labute approximate surface area is 122 Å². The number of halogens is 1. The monoisotopic (exact) mass is 291 g/mol. The Morgan fingerprint density at radius 1 is 1.33 bits per heavy atom. The van der Waals surface area contributed by atoms with Gasteiger partial charge in [0.25, 0.3) is 0 Å². The molecule has 1 aromatic carbocycles. The van der Waals surface area contributed by atoms with E-state index in [0.717, 1.165) is 6.42 Å². The zero-order chi connectivity index (χ0) is 15.4. The predicted octanol–water partition coefficient (Wildman–Crippen LogP) is 2.55. The molecule has 5 heteroatoms. The molecule has 21 heavy (non-hydrogen) atoms. The normalized spacial score (nSPS) is 22.5. The fourth-order valence-corrected chi connectivity index (χ4v) is 2.48. The van der Waals surface area contributed by atoms with Gasteiger partial charge in [-0.25, -0.2) is 9.18 Å². The summed E-state index contributed by atoms with van der Waals surface area (Å²) in [5.74, 6) is -1.32. The van der Waals surface area contributed by atoms with Crippen molar-refractivity contribution in [2.75, 3.05) is 6.54 Å². The lowest BCUT2D eigenvalue weighted by atomic mass is 9.92. The zero-order valence-corrected chi connectivity index (χ0v) is 11.8. The number of hydrogen-bond acceptors (Lipinski definition) is 2. The fourth-order valence-electron chi connectivity index (χ4n) is 2.48. The minimum absolute atomic E-state index is 0.302. The molecule has 1 fully saturated rings. The summed E-state index contributed by atoms with van der Waals surface area (Å²) in [6.45, 7) is 2.44. The van der Waals surface area contributed by atoms with Gasteiger partial charge in [0.1, 0.15) is 11.9 Å². The molecule has 1 aliphatic rings. The SMILES string of the molecule is CC1CCN(C(=O)/C=C/c2ccc(F)cc2)C(C(=O)O)C1. The van der Waals surface area contributed by atoms with Crippen LogP contribution >= 0.6 is 0 Å². The highest BCUT2D eigenvalue weighted by Crippen LogP contribution is 2.23. The molecular formula is C16H18FNO3. The first-order valence-corrected chi connectivity index (χ1v) is 6.94. The van der Waals surface area contributed by atoms with Crippen molar-refractivity contribution in [3.05, 3.63) is 41.7 Å². The summed E-state index contributed by atoms with van der Waals surface area (Å²) in [5, 5.41) is 9.23. The van der Waals surface area contributed by atoms with Gasteiger partial charge in [0.2, 0.25) is 5.91 Å². The van der Waals surface area contributed by atoms with Crippen LogP contribution in [-0.2, 0) is 9.59 Å². The van der Waals surface area contributed by atoms with Crippen LogP contribution in [-0.4, -0.2) is 34.5 Å². The molecule has 1 N–H and O–H groups in total. The summed E-state index contributed by atoms with van der Waals surface area (Å²) in [4.78, 5) is 24.8. The van der Waals surface area contributed by atoms with E-state index in [0.29, 0.717) is 24.4 Å². The number of benzene rings is 1. The van der Waals surface area contributed by atoms with Crippen molar-refractivity contribution in [1.82, 2.24) is 4.90 Å². The first kappa shape index (κ1) is 15.2. The summed E-state index contributed by atoms with van der Waals surface area (Å²) in [7, 11) is 0. The number of carboxylic acid groups (broad SMARTS) is 1. The van der Waals surface area contributed by atoms with E-state index in [1.165, 1.54) is 23.1 Å². The van der Waals surface area contributed by atoms with Crippen molar-refractivity contribution in [2.45, 2.75) is 25.8 Å². The molecule has 2 rings (SSSR count). The molecule has 1 aromatic rings. The van der Waals surface area contributed by atoms with Gasteiger partial charge in [-0.2, -0.15) is 0 Å². The molecule has 0 saturated carbocycles. The molecule has 2 unspecified atom stereocenters. The second-order valence-corrected chi connectivity index (χ2v) is 5.40. The molecule has 0 radical (unpaired) electrons. The minimum Gasteiger partial charge on any atom is -0.480 e. The van der Waals surface area contributed by atoms with E-state index in [2.05, 4.69) is 0 Å². The van der Waals surface area contributed by atoms with Gasteiger partial charge in [-0.15, -0.1) is 0 Å². The maximum atomic E-state index is 12.8. The third-order valence-corrected chi connectivity index (χ3v) is 3.72. The summed E-state index contributed by atoms with van der Waals surface area (Å²) in [6, 6.07) is 4.98. The molecule has 1 saturated heterocycles. The lowest BCUT2D eigenvalue weighted by Gasteiger charge is -2.35. The van der Waals surface area contributed by atoms with Gasteiger partial charge in [-0.05, 0) is 42.5 Å². The van der Waals surface area contributed by atoms with Crippen LogP contribution in [0.3, 0.4) is 0 Å². The molecule has 4 nitrogen and oxygen atoms in total. The van der Waals surface area contributed by atoms with E-state index in [1.54, 1.807) is 18.2 Å². The molecule has 0 bridgehead atoms. The van der Waals surface area contributed by atoms with Gasteiger partial charge in [-0.1, -0.05) is 19.1 Å². The molecule has 2 atom stereocenters. The number of nitrogens with zero attached hydrogens (tertiary/aromatic N) is 1. The molecule has 112 valence electrons. The lowest BCUT2D eigenvalue weighted by molar-refractivity contribution is -0.151. The van der Waals surface area contributed by atoms with E-state index in [9.17, 15) is 19.1 Å². The lowest BCUT2D eigenvalue weighted by Crippen LogP contribution is -2.49.